The van der Waals surface area contributed by atoms with E-state index in [1.165, 1.54) is 122 Å². The summed E-state index contributed by atoms with van der Waals surface area (Å²) in [6.07, 6.45) is 27.8. The van der Waals surface area contributed by atoms with E-state index in [1.54, 1.807) is 0 Å². The standard InChI is InChI=1S/C26H54O/c1-4-7-10-11-12-13-14-15-16-17-18-21-25(19-8-5-2)24-26(22-23-27)20-9-6-3/h25-27H,4-24H2,1-3H3. The first kappa shape index (κ1) is 27.0. The van der Waals surface area contributed by atoms with Crippen LogP contribution in [0.15, 0.2) is 0 Å². The van der Waals surface area contributed by atoms with Crippen LogP contribution in [0.3, 0.4) is 0 Å². The minimum absolute atomic E-state index is 0.382. The number of aliphatic hydroxyl groups excluding tert-OH is 1. The molecule has 0 aliphatic rings. The van der Waals surface area contributed by atoms with E-state index < -0.39 is 0 Å². The van der Waals surface area contributed by atoms with Crippen LogP contribution in [0.4, 0.5) is 0 Å². The maximum Gasteiger partial charge on any atom is 0.0433 e. The zero-order valence-corrected chi connectivity index (χ0v) is 19.5. The van der Waals surface area contributed by atoms with Crippen molar-refractivity contribution in [2.75, 3.05) is 6.61 Å². The topological polar surface area (TPSA) is 20.2 Å². The zero-order valence-electron chi connectivity index (χ0n) is 19.5. The highest BCUT2D eigenvalue weighted by molar-refractivity contribution is 4.68. The molecule has 0 aliphatic carbocycles. The summed E-state index contributed by atoms with van der Waals surface area (Å²) in [6.45, 7) is 7.29. The smallest absolute Gasteiger partial charge is 0.0433 e. The summed E-state index contributed by atoms with van der Waals surface area (Å²) in [5, 5.41) is 9.40. The van der Waals surface area contributed by atoms with Crippen LogP contribution in [0.25, 0.3) is 0 Å². The predicted octanol–water partition coefficient (Wildman–Crippen LogP) is 9.07. The maximum atomic E-state index is 9.40. The molecule has 0 bridgehead atoms. The van der Waals surface area contributed by atoms with Gasteiger partial charge in [-0.05, 0) is 24.7 Å². The largest absolute Gasteiger partial charge is 0.396 e. The minimum Gasteiger partial charge on any atom is -0.396 e. The molecular weight excluding hydrogens is 328 g/mol. The molecule has 0 heterocycles. The highest BCUT2D eigenvalue weighted by Crippen LogP contribution is 2.29. The summed E-state index contributed by atoms with van der Waals surface area (Å²) in [6, 6.07) is 0. The monoisotopic (exact) mass is 382 g/mol. The highest BCUT2D eigenvalue weighted by atomic mass is 16.3. The van der Waals surface area contributed by atoms with E-state index in [-0.39, 0.29) is 0 Å². The van der Waals surface area contributed by atoms with Gasteiger partial charge in [0.1, 0.15) is 0 Å². The van der Waals surface area contributed by atoms with E-state index in [9.17, 15) is 5.11 Å². The first-order valence-corrected chi connectivity index (χ1v) is 12.9. The van der Waals surface area contributed by atoms with Crippen molar-refractivity contribution in [3.8, 4) is 0 Å². The Bertz CT molecular complexity index is 263. The van der Waals surface area contributed by atoms with Gasteiger partial charge in [-0.3, -0.25) is 0 Å². The lowest BCUT2D eigenvalue weighted by Crippen LogP contribution is -2.11. The van der Waals surface area contributed by atoms with Crippen LogP contribution in [-0.2, 0) is 0 Å². The second-order valence-corrected chi connectivity index (χ2v) is 9.09. The van der Waals surface area contributed by atoms with Crippen molar-refractivity contribution in [3.05, 3.63) is 0 Å². The first-order chi connectivity index (χ1) is 13.3. The lowest BCUT2D eigenvalue weighted by molar-refractivity contribution is 0.220. The van der Waals surface area contributed by atoms with Crippen LogP contribution in [0.5, 0.6) is 0 Å². The van der Waals surface area contributed by atoms with Gasteiger partial charge in [0, 0.05) is 6.61 Å². The third-order valence-electron chi connectivity index (χ3n) is 6.35. The van der Waals surface area contributed by atoms with Gasteiger partial charge in [-0.15, -0.1) is 0 Å². The molecule has 0 saturated heterocycles. The van der Waals surface area contributed by atoms with Crippen LogP contribution in [0.1, 0.15) is 149 Å². The van der Waals surface area contributed by atoms with Gasteiger partial charge >= 0.3 is 0 Å². The van der Waals surface area contributed by atoms with Crippen molar-refractivity contribution in [1.29, 1.82) is 0 Å². The van der Waals surface area contributed by atoms with Crippen LogP contribution < -0.4 is 0 Å². The van der Waals surface area contributed by atoms with Crippen LogP contribution >= 0.6 is 0 Å². The fourth-order valence-electron chi connectivity index (χ4n) is 4.50. The van der Waals surface area contributed by atoms with Crippen LogP contribution in [-0.4, -0.2) is 11.7 Å². The van der Waals surface area contributed by atoms with E-state index in [1.807, 2.05) is 0 Å². The Balaban J connectivity index is 3.82. The molecule has 0 rings (SSSR count). The lowest BCUT2D eigenvalue weighted by Gasteiger charge is -2.23. The molecule has 0 fully saturated rings. The number of hydrogen-bond acceptors (Lipinski definition) is 1. The fourth-order valence-corrected chi connectivity index (χ4v) is 4.50. The van der Waals surface area contributed by atoms with Crippen molar-refractivity contribution >= 4 is 0 Å². The number of aliphatic hydroxyl groups is 1. The molecule has 1 N–H and O–H groups in total. The van der Waals surface area contributed by atoms with E-state index in [0.29, 0.717) is 6.61 Å². The second kappa shape index (κ2) is 22.3. The van der Waals surface area contributed by atoms with Gasteiger partial charge < -0.3 is 5.11 Å². The number of unbranched alkanes of at least 4 members (excludes halogenated alkanes) is 12. The van der Waals surface area contributed by atoms with Crippen LogP contribution in [0.2, 0.25) is 0 Å². The number of rotatable bonds is 22. The molecule has 0 saturated carbocycles. The average molecular weight is 383 g/mol. The summed E-state index contributed by atoms with van der Waals surface area (Å²) in [4.78, 5) is 0. The molecular formula is C26H54O. The molecule has 27 heavy (non-hydrogen) atoms. The molecule has 1 heteroatoms. The summed E-state index contributed by atoms with van der Waals surface area (Å²) in [7, 11) is 0. The zero-order chi connectivity index (χ0) is 20.0. The third kappa shape index (κ3) is 19.1. The highest BCUT2D eigenvalue weighted by Gasteiger charge is 2.15. The van der Waals surface area contributed by atoms with Crippen molar-refractivity contribution in [1.82, 2.24) is 0 Å². The average Bonchev–Trinajstić information content (AvgIpc) is 2.68. The Morgan fingerprint density at radius 2 is 0.815 bits per heavy atom. The molecule has 2 atom stereocenters. The van der Waals surface area contributed by atoms with Gasteiger partial charge in [-0.25, -0.2) is 0 Å². The molecule has 0 aromatic rings. The first-order valence-electron chi connectivity index (χ1n) is 12.9. The van der Waals surface area contributed by atoms with Crippen molar-refractivity contribution in [3.63, 3.8) is 0 Å². The third-order valence-corrected chi connectivity index (χ3v) is 6.35. The van der Waals surface area contributed by atoms with Gasteiger partial charge in [0.15, 0.2) is 0 Å². The predicted molar refractivity (Wildman–Crippen MR) is 123 cm³/mol. The normalized spacial score (nSPS) is 13.8. The van der Waals surface area contributed by atoms with Gasteiger partial charge in [-0.1, -0.05) is 136 Å². The Labute approximate surface area is 173 Å². The molecule has 0 radical (unpaired) electrons. The van der Waals surface area contributed by atoms with Crippen molar-refractivity contribution in [2.45, 2.75) is 149 Å². The molecule has 164 valence electrons. The van der Waals surface area contributed by atoms with E-state index >= 15 is 0 Å². The van der Waals surface area contributed by atoms with Gasteiger partial charge in [0.25, 0.3) is 0 Å². The molecule has 0 amide bonds. The molecule has 0 aromatic heterocycles. The van der Waals surface area contributed by atoms with Gasteiger partial charge in [-0.2, -0.15) is 0 Å². The SMILES string of the molecule is CCCCCCCCCCCCCC(CCCC)CC(CCO)CCCC. The molecule has 0 spiro atoms. The summed E-state index contributed by atoms with van der Waals surface area (Å²) >= 11 is 0. The molecule has 2 unspecified atom stereocenters. The Kier molecular flexibility index (Phi) is 22.2. The Morgan fingerprint density at radius 3 is 1.26 bits per heavy atom. The summed E-state index contributed by atoms with van der Waals surface area (Å²) < 4.78 is 0. The van der Waals surface area contributed by atoms with E-state index in [4.69, 9.17) is 0 Å². The fraction of sp³-hybridized carbons (Fsp3) is 1.00. The second-order valence-electron chi connectivity index (χ2n) is 9.09. The summed E-state index contributed by atoms with van der Waals surface area (Å²) in [5.74, 6) is 1.68. The molecule has 0 aliphatic heterocycles. The molecule has 1 nitrogen and oxygen atoms in total. The molecule has 0 aromatic carbocycles. The maximum absolute atomic E-state index is 9.40. The van der Waals surface area contributed by atoms with Crippen molar-refractivity contribution in [2.24, 2.45) is 11.8 Å². The number of hydrogen-bond donors (Lipinski definition) is 1. The van der Waals surface area contributed by atoms with Gasteiger partial charge in [0.2, 0.25) is 0 Å². The van der Waals surface area contributed by atoms with E-state index in [0.717, 1.165) is 18.3 Å². The quantitative estimate of drug-likeness (QED) is 0.185. The van der Waals surface area contributed by atoms with Crippen LogP contribution in [0, 0.1) is 11.8 Å². The van der Waals surface area contributed by atoms with E-state index in [2.05, 4.69) is 20.8 Å². The lowest BCUT2D eigenvalue weighted by atomic mass is 9.83. The Morgan fingerprint density at radius 1 is 0.444 bits per heavy atom. The summed E-state index contributed by atoms with van der Waals surface area (Å²) in [5.41, 5.74) is 0. The van der Waals surface area contributed by atoms with Gasteiger partial charge in [0.05, 0.1) is 0 Å². The Hall–Kier alpha value is -0.0400. The minimum atomic E-state index is 0.382. The van der Waals surface area contributed by atoms with Crippen molar-refractivity contribution < 1.29 is 5.11 Å².